The number of aryl methyl sites for hydroxylation is 1. The molecule has 0 aliphatic carbocycles. The van der Waals surface area contributed by atoms with E-state index in [1.165, 1.54) is 6.20 Å². The van der Waals surface area contributed by atoms with Crippen molar-refractivity contribution in [3.05, 3.63) is 83.9 Å². The first kappa shape index (κ1) is 16.4. The third kappa shape index (κ3) is 3.74. The minimum atomic E-state index is -0.445. The Morgan fingerprint density at radius 1 is 0.960 bits per heavy atom. The predicted molar refractivity (Wildman–Crippen MR) is 94.3 cm³/mol. The number of para-hydroxylation sites is 1. The minimum Gasteiger partial charge on any atom is -0.295 e. The molecule has 0 saturated heterocycles. The number of carbonyl (C=O) groups is 2. The van der Waals surface area contributed by atoms with Gasteiger partial charge in [-0.1, -0.05) is 37.3 Å². The van der Waals surface area contributed by atoms with E-state index in [0.717, 1.165) is 17.7 Å². The normalized spacial score (nSPS) is 10.3. The van der Waals surface area contributed by atoms with Crippen molar-refractivity contribution in [2.45, 2.75) is 13.3 Å². The van der Waals surface area contributed by atoms with E-state index in [-0.39, 0.29) is 5.91 Å². The summed E-state index contributed by atoms with van der Waals surface area (Å²) in [7, 11) is 0. The first-order chi connectivity index (χ1) is 12.2. The van der Waals surface area contributed by atoms with Crippen LogP contribution >= 0.6 is 0 Å². The molecule has 0 unspecified atom stereocenters. The summed E-state index contributed by atoms with van der Waals surface area (Å²) in [6, 6.07) is 16.6. The highest BCUT2D eigenvalue weighted by atomic mass is 16.2. The van der Waals surface area contributed by atoms with Crippen molar-refractivity contribution >= 4 is 11.8 Å². The number of amides is 2. The summed E-state index contributed by atoms with van der Waals surface area (Å²) < 4.78 is 1.65. The molecule has 2 amide bonds. The third-order valence-corrected chi connectivity index (χ3v) is 3.82. The van der Waals surface area contributed by atoms with Gasteiger partial charge in [0.2, 0.25) is 0 Å². The molecule has 3 aromatic rings. The molecule has 0 radical (unpaired) electrons. The molecule has 6 heteroatoms. The van der Waals surface area contributed by atoms with Crippen LogP contribution in [0.2, 0.25) is 0 Å². The first-order valence-corrected chi connectivity index (χ1v) is 7.96. The van der Waals surface area contributed by atoms with Gasteiger partial charge in [-0.3, -0.25) is 25.0 Å². The van der Waals surface area contributed by atoms with Crippen molar-refractivity contribution in [2.75, 3.05) is 0 Å². The smallest absolute Gasteiger partial charge is 0.288 e. The van der Waals surface area contributed by atoms with Crippen molar-refractivity contribution in [1.29, 1.82) is 0 Å². The lowest BCUT2D eigenvalue weighted by molar-refractivity contribution is 0.0843. The van der Waals surface area contributed by atoms with E-state index < -0.39 is 5.91 Å². The zero-order chi connectivity index (χ0) is 17.6. The monoisotopic (exact) mass is 334 g/mol. The molecule has 2 aromatic carbocycles. The molecule has 126 valence electrons. The molecule has 1 heterocycles. The van der Waals surface area contributed by atoms with Gasteiger partial charge in [0, 0.05) is 11.3 Å². The Labute approximate surface area is 145 Å². The summed E-state index contributed by atoms with van der Waals surface area (Å²) >= 11 is 0. The molecule has 0 atom stereocenters. The van der Waals surface area contributed by atoms with Crippen LogP contribution in [-0.4, -0.2) is 21.4 Å². The fourth-order valence-electron chi connectivity index (χ4n) is 2.40. The molecular weight excluding hydrogens is 316 g/mol. The Morgan fingerprint density at radius 2 is 1.64 bits per heavy atom. The molecule has 3 rings (SSSR count). The van der Waals surface area contributed by atoms with E-state index in [1.54, 1.807) is 23.0 Å². The molecule has 1 aromatic heterocycles. The highest BCUT2D eigenvalue weighted by Gasteiger charge is 2.14. The van der Waals surface area contributed by atoms with Crippen LogP contribution in [-0.2, 0) is 6.42 Å². The number of carbonyl (C=O) groups excluding carboxylic acids is 2. The summed E-state index contributed by atoms with van der Waals surface area (Å²) in [5, 5.41) is 0. The van der Waals surface area contributed by atoms with Crippen molar-refractivity contribution in [3.63, 3.8) is 0 Å². The maximum atomic E-state index is 12.3. The number of rotatable bonds is 4. The summed E-state index contributed by atoms with van der Waals surface area (Å²) in [4.78, 5) is 28.5. The molecule has 0 fully saturated rings. The van der Waals surface area contributed by atoms with Crippen molar-refractivity contribution in [2.24, 2.45) is 0 Å². The molecule has 0 aliphatic rings. The molecule has 0 saturated carbocycles. The van der Waals surface area contributed by atoms with Crippen LogP contribution in [0, 0.1) is 0 Å². The highest BCUT2D eigenvalue weighted by Crippen LogP contribution is 2.10. The van der Waals surface area contributed by atoms with Gasteiger partial charge in [-0.15, -0.1) is 0 Å². The molecule has 25 heavy (non-hydrogen) atoms. The van der Waals surface area contributed by atoms with Crippen LogP contribution in [0.3, 0.4) is 0 Å². The number of aromatic nitrogens is 2. The predicted octanol–water partition coefficient (Wildman–Crippen LogP) is 2.51. The van der Waals surface area contributed by atoms with Crippen LogP contribution in [0.4, 0.5) is 0 Å². The van der Waals surface area contributed by atoms with Crippen LogP contribution in [0.25, 0.3) is 5.69 Å². The minimum absolute atomic E-state index is 0.327. The standard InChI is InChI=1S/C19H18N4O2/c1-2-14-8-10-15(11-9-14)18(24)21-22-19(25)17-12-20-13-23(17)16-6-4-3-5-7-16/h3-13H,2H2,1H3,(H,21,24)(H,22,25). The van der Waals surface area contributed by atoms with Gasteiger partial charge in [-0.25, -0.2) is 4.98 Å². The molecule has 0 aliphatic heterocycles. The SMILES string of the molecule is CCc1ccc(C(=O)NNC(=O)c2cncn2-c2ccccc2)cc1. The van der Waals surface area contributed by atoms with Gasteiger partial charge in [-0.05, 0) is 36.2 Å². The Balaban J connectivity index is 1.67. The van der Waals surface area contributed by atoms with Crippen LogP contribution in [0.5, 0.6) is 0 Å². The van der Waals surface area contributed by atoms with Crippen LogP contribution in [0.1, 0.15) is 33.3 Å². The number of benzene rings is 2. The fraction of sp³-hybridized carbons (Fsp3) is 0.105. The number of nitrogens with zero attached hydrogens (tertiary/aromatic N) is 2. The van der Waals surface area contributed by atoms with Crippen molar-refractivity contribution < 1.29 is 9.59 Å². The summed E-state index contributed by atoms with van der Waals surface area (Å²) in [6.45, 7) is 2.05. The van der Waals surface area contributed by atoms with Crippen molar-refractivity contribution in [3.8, 4) is 5.69 Å². The van der Waals surface area contributed by atoms with Crippen LogP contribution in [0.15, 0.2) is 67.1 Å². The number of hydrazine groups is 1. The highest BCUT2D eigenvalue weighted by molar-refractivity contribution is 5.98. The Hall–Kier alpha value is -3.41. The molecule has 2 N–H and O–H groups in total. The van der Waals surface area contributed by atoms with E-state index in [1.807, 2.05) is 49.4 Å². The van der Waals surface area contributed by atoms with Gasteiger partial charge in [-0.2, -0.15) is 0 Å². The van der Waals surface area contributed by atoms with Gasteiger partial charge in [0.1, 0.15) is 5.69 Å². The van der Waals surface area contributed by atoms with Crippen LogP contribution < -0.4 is 10.9 Å². The lowest BCUT2D eigenvalue weighted by atomic mass is 10.1. The average molecular weight is 334 g/mol. The zero-order valence-electron chi connectivity index (χ0n) is 13.8. The zero-order valence-corrected chi connectivity index (χ0v) is 13.8. The molecular formula is C19H18N4O2. The second-order valence-corrected chi connectivity index (χ2v) is 5.44. The van der Waals surface area contributed by atoms with E-state index in [9.17, 15) is 9.59 Å². The summed E-state index contributed by atoms with van der Waals surface area (Å²) in [5.74, 6) is -0.818. The Bertz CT molecular complexity index is 870. The van der Waals surface area contributed by atoms with Crippen molar-refractivity contribution in [1.82, 2.24) is 20.4 Å². The molecule has 0 spiro atoms. The van der Waals surface area contributed by atoms with E-state index in [0.29, 0.717) is 11.3 Å². The maximum absolute atomic E-state index is 12.3. The lowest BCUT2D eigenvalue weighted by Gasteiger charge is -2.10. The van der Waals surface area contributed by atoms with Gasteiger partial charge in [0.05, 0.1) is 12.5 Å². The fourth-order valence-corrected chi connectivity index (χ4v) is 2.40. The van der Waals surface area contributed by atoms with Gasteiger partial charge >= 0.3 is 0 Å². The second kappa shape index (κ2) is 7.44. The summed E-state index contributed by atoms with van der Waals surface area (Å²) in [5.41, 5.74) is 7.61. The van der Waals surface area contributed by atoms with Gasteiger partial charge in [0.15, 0.2) is 0 Å². The lowest BCUT2D eigenvalue weighted by Crippen LogP contribution is -2.42. The second-order valence-electron chi connectivity index (χ2n) is 5.44. The van der Waals surface area contributed by atoms with E-state index in [2.05, 4.69) is 15.8 Å². The Kier molecular flexibility index (Phi) is 4.89. The molecule has 6 nitrogen and oxygen atoms in total. The topological polar surface area (TPSA) is 76.0 Å². The number of hydrogen-bond acceptors (Lipinski definition) is 3. The number of imidazole rings is 1. The number of nitrogens with one attached hydrogen (secondary N) is 2. The Morgan fingerprint density at radius 3 is 2.32 bits per heavy atom. The van der Waals surface area contributed by atoms with Gasteiger partial charge < -0.3 is 0 Å². The summed E-state index contributed by atoms with van der Waals surface area (Å²) in [6.07, 6.45) is 3.90. The quantitative estimate of drug-likeness (QED) is 0.720. The largest absolute Gasteiger partial charge is 0.295 e. The maximum Gasteiger partial charge on any atom is 0.288 e. The molecule has 0 bridgehead atoms. The first-order valence-electron chi connectivity index (χ1n) is 7.96. The third-order valence-electron chi connectivity index (χ3n) is 3.82. The number of hydrogen-bond donors (Lipinski definition) is 2. The van der Waals surface area contributed by atoms with E-state index in [4.69, 9.17) is 0 Å². The van der Waals surface area contributed by atoms with E-state index >= 15 is 0 Å². The average Bonchev–Trinajstić information content (AvgIpc) is 3.16. The van der Waals surface area contributed by atoms with Gasteiger partial charge in [0.25, 0.3) is 11.8 Å².